The van der Waals surface area contributed by atoms with Crippen LogP contribution in [0.5, 0.6) is 0 Å². The monoisotopic (exact) mass is 289 g/mol. The Morgan fingerprint density at radius 3 is 2.40 bits per heavy atom. The maximum Gasteiger partial charge on any atom is 0.0834 e. The van der Waals surface area contributed by atoms with Gasteiger partial charge in [0.25, 0.3) is 0 Å². The molecule has 1 aliphatic carbocycles. The highest BCUT2D eigenvalue weighted by Gasteiger charge is 2.31. The number of halogens is 1. The fourth-order valence-electron chi connectivity index (χ4n) is 3.14. The summed E-state index contributed by atoms with van der Waals surface area (Å²) in [6, 6.07) is 8.79. The van der Waals surface area contributed by atoms with Crippen molar-refractivity contribution in [3.63, 3.8) is 0 Å². The van der Waals surface area contributed by atoms with Crippen LogP contribution in [-0.2, 0) is 12.8 Å². The first-order chi connectivity index (χ1) is 9.58. The van der Waals surface area contributed by atoms with Crippen molar-refractivity contribution >= 4 is 11.6 Å². The van der Waals surface area contributed by atoms with Gasteiger partial charge in [0.05, 0.1) is 23.0 Å². The quantitative estimate of drug-likeness (QED) is 0.939. The van der Waals surface area contributed by atoms with E-state index in [9.17, 15) is 0 Å². The molecule has 3 rings (SSSR count). The molecule has 2 N–H and O–H groups in total. The third-order valence-corrected chi connectivity index (χ3v) is 4.47. The summed E-state index contributed by atoms with van der Waals surface area (Å²) in [5.41, 5.74) is 10.3. The molecular weight excluding hydrogens is 270 g/mol. The fourth-order valence-corrected chi connectivity index (χ4v) is 3.40. The summed E-state index contributed by atoms with van der Waals surface area (Å²) in [7, 11) is 0. The molecule has 0 spiro atoms. The second-order valence-corrected chi connectivity index (χ2v) is 6.29. The Morgan fingerprint density at radius 1 is 1.25 bits per heavy atom. The Labute approximate surface area is 124 Å². The largest absolute Gasteiger partial charge is 0.322 e. The normalized spacial score (nSPS) is 16.6. The van der Waals surface area contributed by atoms with Crippen LogP contribution < -0.4 is 5.73 Å². The number of fused-ring (bicyclic) bond motifs is 1. The number of aromatic nitrogens is 2. The molecule has 1 aliphatic rings. The lowest BCUT2D eigenvalue weighted by molar-refractivity contribution is 0.403. The van der Waals surface area contributed by atoms with Crippen LogP contribution in [0.15, 0.2) is 30.5 Å². The molecule has 106 valence electrons. The van der Waals surface area contributed by atoms with Crippen molar-refractivity contribution in [1.29, 1.82) is 0 Å². The van der Waals surface area contributed by atoms with Crippen molar-refractivity contribution in [2.75, 3.05) is 0 Å². The van der Waals surface area contributed by atoms with E-state index in [1.807, 2.05) is 4.68 Å². The Hall–Kier alpha value is -1.32. The van der Waals surface area contributed by atoms with E-state index in [0.29, 0.717) is 10.9 Å². The topological polar surface area (TPSA) is 43.8 Å². The van der Waals surface area contributed by atoms with Crippen molar-refractivity contribution in [2.45, 2.75) is 38.8 Å². The van der Waals surface area contributed by atoms with E-state index < -0.39 is 0 Å². The number of nitrogens with zero attached hydrogens (tertiary/aromatic N) is 2. The Kier molecular flexibility index (Phi) is 3.57. The zero-order chi connectivity index (χ0) is 14.3. The van der Waals surface area contributed by atoms with Crippen LogP contribution in [-0.4, -0.2) is 9.78 Å². The lowest BCUT2D eigenvalue weighted by atomic mass is 9.94. The molecule has 0 amide bonds. The van der Waals surface area contributed by atoms with E-state index in [1.165, 1.54) is 11.1 Å². The molecule has 1 atom stereocenters. The summed E-state index contributed by atoms with van der Waals surface area (Å²) < 4.78 is 1.95. The molecule has 2 aromatic rings. The Morgan fingerprint density at radius 2 is 1.85 bits per heavy atom. The summed E-state index contributed by atoms with van der Waals surface area (Å²) in [5.74, 6) is 0.402. The molecule has 4 heteroatoms. The van der Waals surface area contributed by atoms with Gasteiger partial charge in [-0.1, -0.05) is 35.9 Å². The molecule has 20 heavy (non-hydrogen) atoms. The van der Waals surface area contributed by atoms with Gasteiger partial charge < -0.3 is 5.73 Å². The van der Waals surface area contributed by atoms with E-state index in [-0.39, 0.29) is 12.1 Å². The van der Waals surface area contributed by atoms with Gasteiger partial charge >= 0.3 is 0 Å². The van der Waals surface area contributed by atoms with Crippen LogP contribution in [0.3, 0.4) is 0 Å². The number of hydrogen-bond donors (Lipinski definition) is 1. The lowest BCUT2D eigenvalue weighted by Crippen LogP contribution is -2.26. The number of hydrogen-bond acceptors (Lipinski definition) is 2. The minimum Gasteiger partial charge on any atom is -0.322 e. The van der Waals surface area contributed by atoms with Gasteiger partial charge in [0.15, 0.2) is 0 Å². The second kappa shape index (κ2) is 5.23. The summed E-state index contributed by atoms with van der Waals surface area (Å²) >= 11 is 6.31. The van der Waals surface area contributed by atoms with Crippen molar-refractivity contribution in [2.24, 2.45) is 11.7 Å². The molecule has 0 radical (unpaired) electrons. The van der Waals surface area contributed by atoms with Gasteiger partial charge in [-0.25, -0.2) is 0 Å². The second-order valence-electron chi connectivity index (χ2n) is 5.88. The average Bonchev–Trinajstić information content (AvgIpc) is 3.01. The van der Waals surface area contributed by atoms with Gasteiger partial charge in [-0.05, 0) is 43.7 Å². The predicted octanol–water partition coefficient (Wildman–Crippen LogP) is 3.53. The standard InChI is InChI=1S/C16H20ClN3/c1-10(2)20-16(14(17)9-19-20)15(18)13-7-11-5-3-4-6-12(11)8-13/h3-6,9-10,13,15H,7-8,18H2,1-2H3. The average molecular weight is 290 g/mol. The van der Waals surface area contributed by atoms with Gasteiger partial charge in [-0.2, -0.15) is 5.10 Å². The molecule has 1 aromatic heterocycles. The maximum absolute atomic E-state index is 6.52. The molecular formula is C16H20ClN3. The minimum absolute atomic E-state index is 0.0696. The molecule has 1 heterocycles. The third kappa shape index (κ3) is 2.25. The Balaban J connectivity index is 1.88. The van der Waals surface area contributed by atoms with E-state index >= 15 is 0 Å². The third-order valence-electron chi connectivity index (χ3n) is 4.18. The number of benzene rings is 1. The number of nitrogens with two attached hydrogens (primary N) is 1. The fraction of sp³-hybridized carbons (Fsp3) is 0.438. The molecule has 0 bridgehead atoms. The first-order valence-electron chi connectivity index (χ1n) is 7.13. The lowest BCUT2D eigenvalue weighted by Gasteiger charge is -2.22. The van der Waals surface area contributed by atoms with Gasteiger partial charge in [-0.15, -0.1) is 0 Å². The van der Waals surface area contributed by atoms with Crippen LogP contribution >= 0.6 is 11.6 Å². The van der Waals surface area contributed by atoms with Crippen LogP contribution in [0.2, 0.25) is 5.02 Å². The van der Waals surface area contributed by atoms with Crippen molar-refractivity contribution < 1.29 is 0 Å². The molecule has 0 fully saturated rings. The van der Waals surface area contributed by atoms with Gasteiger partial charge in [0.1, 0.15) is 0 Å². The summed E-state index contributed by atoms with van der Waals surface area (Å²) in [4.78, 5) is 0. The first kappa shape index (κ1) is 13.7. The molecule has 0 saturated heterocycles. The number of rotatable bonds is 3. The van der Waals surface area contributed by atoms with E-state index in [1.54, 1.807) is 6.20 Å². The highest BCUT2D eigenvalue weighted by molar-refractivity contribution is 6.31. The van der Waals surface area contributed by atoms with Crippen LogP contribution in [0.4, 0.5) is 0 Å². The Bertz CT molecular complexity index is 593. The van der Waals surface area contributed by atoms with Gasteiger partial charge in [0.2, 0.25) is 0 Å². The molecule has 3 nitrogen and oxygen atoms in total. The van der Waals surface area contributed by atoms with Crippen LogP contribution in [0, 0.1) is 5.92 Å². The van der Waals surface area contributed by atoms with E-state index in [4.69, 9.17) is 17.3 Å². The summed E-state index contributed by atoms with van der Waals surface area (Å²) in [5, 5.41) is 5.04. The van der Waals surface area contributed by atoms with Gasteiger partial charge in [0, 0.05) is 6.04 Å². The SMILES string of the molecule is CC(C)n1ncc(Cl)c1C(N)C1Cc2ccccc2C1. The van der Waals surface area contributed by atoms with Crippen molar-refractivity contribution in [1.82, 2.24) is 9.78 Å². The smallest absolute Gasteiger partial charge is 0.0834 e. The zero-order valence-corrected chi connectivity index (χ0v) is 12.6. The first-order valence-corrected chi connectivity index (χ1v) is 7.51. The van der Waals surface area contributed by atoms with Crippen LogP contribution in [0.25, 0.3) is 0 Å². The maximum atomic E-state index is 6.52. The molecule has 0 aliphatic heterocycles. The zero-order valence-electron chi connectivity index (χ0n) is 11.9. The highest BCUT2D eigenvalue weighted by Crippen LogP contribution is 2.36. The highest BCUT2D eigenvalue weighted by atomic mass is 35.5. The van der Waals surface area contributed by atoms with Crippen LogP contribution in [0.1, 0.15) is 42.8 Å². The minimum atomic E-state index is -0.0696. The van der Waals surface area contributed by atoms with Crippen molar-refractivity contribution in [3.05, 3.63) is 52.3 Å². The van der Waals surface area contributed by atoms with Crippen molar-refractivity contribution in [3.8, 4) is 0 Å². The molecule has 1 unspecified atom stereocenters. The van der Waals surface area contributed by atoms with E-state index in [0.717, 1.165) is 18.5 Å². The molecule has 1 aromatic carbocycles. The summed E-state index contributed by atoms with van der Waals surface area (Å²) in [6.45, 7) is 4.20. The predicted molar refractivity (Wildman–Crippen MR) is 81.9 cm³/mol. The van der Waals surface area contributed by atoms with Gasteiger partial charge in [-0.3, -0.25) is 4.68 Å². The van der Waals surface area contributed by atoms with E-state index in [2.05, 4.69) is 43.2 Å². The molecule has 0 saturated carbocycles. The summed E-state index contributed by atoms with van der Waals surface area (Å²) in [6.07, 6.45) is 3.76.